The van der Waals surface area contributed by atoms with E-state index in [2.05, 4.69) is 0 Å². The van der Waals surface area contributed by atoms with Crippen LogP contribution in [0.1, 0.15) is 46.0 Å². The predicted molar refractivity (Wildman–Crippen MR) is 52.1 cm³/mol. The molecule has 1 unspecified atom stereocenters. The van der Waals surface area contributed by atoms with Gasteiger partial charge in [-0.1, -0.05) is 33.1 Å². The summed E-state index contributed by atoms with van der Waals surface area (Å²) in [5.41, 5.74) is 0.205. The molecule has 0 radical (unpaired) electrons. The smallest absolute Gasteiger partial charge is 0.194 e. The summed E-state index contributed by atoms with van der Waals surface area (Å²) in [5.74, 6) is 0. The van der Waals surface area contributed by atoms with Gasteiger partial charge in [0, 0.05) is 5.66 Å². The molecule has 0 aromatic heterocycles. The molecular weight excluding hydrogens is 171 g/mol. The van der Waals surface area contributed by atoms with Gasteiger partial charge in [0.05, 0.1) is 6.10 Å². The van der Waals surface area contributed by atoms with Crippen LogP contribution in [0.2, 0.25) is 0 Å². The Hall–Kier alpha value is 0.190. The van der Waals surface area contributed by atoms with E-state index < -0.39 is 8.03 Å². The van der Waals surface area contributed by atoms with Crippen molar-refractivity contribution >= 4 is 8.03 Å². The normalized spacial score (nSPS) is 22.9. The van der Waals surface area contributed by atoms with Crippen LogP contribution in [0.3, 0.4) is 0 Å². The fourth-order valence-corrected chi connectivity index (χ4v) is 2.32. The van der Waals surface area contributed by atoms with E-state index in [1.807, 2.05) is 13.8 Å². The first-order valence-corrected chi connectivity index (χ1v) is 6.30. The molecule has 0 saturated heterocycles. The zero-order valence-corrected chi connectivity index (χ0v) is 9.01. The molecule has 1 aliphatic rings. The molecule has 0 spiro atoms. The van der Waals surface area contributed by atoms with Gasteiger partial charge in [0.1, 0.15) is 0 Å². The van der Waals surface area contributed by atoms with Crippen molar-refractivity contribution in [1.82, 2.24) is 0 Å². The van der Waals surface area contributed by atoms with Crippen molar-refractivity contribution in [3.63, 3.8) is 0 Å². The minimum Gasteiger partial charge on any atom is -0.327 e. The quantitative estimate of drug-likeness (QED) is 0.639. The van der Waals surface area contributed by atoms with Gasteiger partial charge in [0.15, 0.2) is 8.03 Å². The summed E-state index contributed by atoms with van der Waals surface area (Å²) in [6.45, 7) is 3.92. The zero-order chi connectivity index (χ0) is 8.97. The fourth-order valence-electron chi connectivity index (χ4n) is 1.48. The Bertz CT molecular complexity index is 151. The number of rotatable bonds is 3. The lowest BCUT2D eigenvalue weighted by Crippen LogP contribution is -2.14. The number of hydrogen-bond donors (Lipinski definition) is 0. The van der Waals surface area contributed by atoms with Crippen molar-refractivity contribution < 1.29 is 9.09 Å². The molecule has 0 bridgehead atoms. The zero-order valence-electron chi connectivity index (χ0n) is 8.01. The van der Waals surface area contributed by atoms with Gasteiger partial charge in [0.25, 0.3) is 0 Å². The maximum absolute atomic E-state index is 11.4. The molecule has 1 saturated carbocycles. The summed E-state index contributed by atoms with van der Waals surface area (Å²) < 4.78 is 16.9. The van der Waals surface area contributed by atoms with Crippen molar-refractivity contribution in [2.75, 3.05) is 0 Å². The standard InChI is InChI=1S/C9H19O2P/c1-8(2)12(10)11-9-6-4-3-5-7-9/h8-9,12H,3-7H2,1-2H3. The second-order valence-electron chi connectivity index (χ2n) is 3.85. The average molecular weight is 190 g/mol. The monoisotopic (exact) mass is 190 g/mol. The largest absolute Gasteiger partial charge is 0.327 e. The lowest BCUT2D eigenvalue weighted by molar-refractivity contribution is 0.164. The Labute approximate surface area is 75.6 Å². The van der Waals surface area contributed by atoms with E-state index in [-0.39, 0.29) is 5.66 Å². The van der Waals surface area contributed by atoms with Gasteiger partial charge < -0.3 is 4.52 Å². The summed E-state index contributed by atoms with van der Waals surface area (Å²) in [5, 5.41) is 0. The second-order valence-corrected chi connectivity index (χ2v) is 5.88. The van der Waals surface area contributed by atoms with Gasteiger partial charge in [-0.15, -0.1) is 0 Å². The Morgan fingerprint density at radius 3 is 2.33 bits per heavy atom. The Kier molecular flexibility index (Phi) is 4.31. The Morgan fingerprint density at radius 2 is 1.83 bits per heavy atom. The maximum atomic E-state index is 11.4. The van der Waals surface area contributed by atoms with Gasteiger partial charge >= 0.3 is 0 Å². The van der Waals surface area contributed by atoms with Crippen LogP contribution in [0, 0.1) is 0 Å². The first-order valence-electron chi connectivity index (χ1n) is 4.90. The van der Waals surface area contributed by atoms with E-state index in [9.17, 15) is 4.57 Å². The molecule has 12 heavy (non-hydrogen) atoms. The van der Waals surface area contributed by atoms with Crippen molar-refractivity contribution in [2.24, 2.45) is 0 Å². The maximum Gasteiger partial charge on any atom is 0.194 e. The van der Waals surface area contributed by atoms with Crippen molar-refractivity contribution in [2.45, 2.75) is 57.7 Å². The first kappa shape index (κ1) is 10.3. The lowest BCUT2D eigenvalue weighted by Gasteiger charge is -2.22. The van der Waals surface area contributed by atoms with Gasteiger partial charge in [0.2, 0.25) is 0 Å². The number of hydrogen-bond acceptors (Lipinski definition) is 2. The van der Waals surface area contributed by atoms with E-state index in [1.54, 1.807) is 0 Å². The lowest BCUT2D eigenvalue weighted by atomic mass is 9.98. The molecule has 72 valence electrons. The van der Waals surface area contributed by atoms with Crippen LogP contribution in [0.4, 0.5) is 0 Å². The Morgan fingerprint density at radius 1 is 1.25 bits per heavy atom. The van der Waals surface area contributed by atoms with Crippen molar-refractivity contribution in [3.05, 3.63) is 0 Å². The molecule has 0 aliphatic heterocycles. The van der Waals surface area contributed by atoms with Crippen LogP contribution in [-0.2, 0) is 9.09 Å². The molecule has 0 heterocycles. The van der Waals surface area contributed by atoms with Gasteiger partial charge in [-0.25, -0.2) is 0 Å². The summed E-state index contributed by atoms with van der Waals surface area (Å²) in [4.78, 5) is 0. The van der Waals surface area contributed by atoms with Crippen LogP contribution in [0.15, 0.2) is 0 Å². The van der Waals surface area contributed by atoms with E-state index >= 15 is 0 Å². The van der Waals surface area contributed by atoms with Crippen molar-refractivity contribution in [3.8, 4) is 0 Å². The highest BCUT2D eigenvalue weighted by Crippen LogP contribution is 2.34. The molecule has 0 aromatic carbocycles. The van der Waals surface area contributed by atoms with Crippen LogP contribution in [0.5, 0.6) is 0 Å². The van der Waals surface area contributed by atoms with Gasteiger partial charge in [-0.05, 0) is 12.8 Å². The molecule has 0 amide bonds. The minimum atomic E-state index is -1.76. The third-order valence-electron chi connectivity index (χ3n) is 2.31. The Balaban J connectivity index is 2.24. The topological polar surface area (TPSA) is 26.3 Å². The van der Waals surface area contributed by atoms with Gasteiger partial charge in [-0.3, -0.25) is 4.57 Å². The third-order valence-corrected chi connectivity index (χ3v) is 3.81. The second kappa shape index (κ2) is 5.04. The highest BCUT2D eigenvalue weighted by atomic mass is 31.1. The summed E-state index contributed by atoms with van der Waals surface area (Å²) in [6.07, 6.45) is 6.34. The van der Waals surface area contributed by atoms with E-state index in [0.717, 1.165) is 12.8 Å². The molecule has 1 rings (SSSR count). The molecule has 1 fully saturated rings. The van der Waals surface area contributed by atoms with Crippen LogP contribution in [-0.4, -0.2) is 11.8 Å². The molecule has 1 atom stereocenters. The molecule has 3 heteroatoms. The average Bonchev–Trinajstić information content (AvgIpc) is 2.06. The first-order chi connectivity index (χ1) is 5.70. The van der Waals surface area contributed by atoms with Gasteiger partial charge in [-0.2, -0.15) is 0 Å². The molecular formula is C9H19O2P. The molecule has 0 N–H and O–H groups in total. The fraction of sp³-hybridized carbons (Fsp3) is 1.00. The van der Waals surface area contributed by atoms with Crippen LogP contribution < -0.4 is 0 Å². The molecule has 1 aliphatic carbocycles. The van der Waals surface area contributed by atoms with Crippen molar-refractivity contribution in [1.29, 1.82) is 0 Å². The third kappa shape index (κ3) is 3.28. The van der Waals surface area contributed by atoms with Crippen LogP contribution >= 0.6 is 8.03 Å². The molecule has 0 aromatic rings. The molecule has 2 nitrogen and oxygen atoms in total. The highest BCUT2D eigenvalue weighted by Gasteiger charge is 2.17. The highest BCUT2D eigenvalue weighted by molar-refractivity contribution is 7.39. The minimum absolute atomic E-state index is 0.205. The summed E-state index contributed by atoms with van der Waals surface area (Å²) in [7, 11) is -1.76. The van der Waals surface area contributed by atoms with E-state index in [4.69, 9.17) is 4.52 Å². The SMILES string of the molecule is CC(C)[PH](=O)OC1CCCCC1. The van der Waals surface area contributed by atoms with E-state index in [0.29, 0.717) is 6.10 Å². The summed E-state index contributed by atoms with van der Waals surface area (Å²) in [6, 6.07) is 0. The van der Waals surface area contributed by atoms with E-state index in [1.165, 1.54) is 19.3 Å². The predicted octanol–water partition coefficient (Wildman–Crippen LogP) is 3.22. The summed E-state index contributed by atoms with van der Waals surface area (Å²) >= 11 is 0. The van der Waals surface area contributed by atoms with Crippen LogP contribution in [0.25, 0.3) is 0 Å².